The number of aliphatic hydroxyl groups is 1. The Labute approximate surface area is 201 Å². The van der Waals surface area contributed by atoms with Crippen LogP contribution in [-0.2, 0) is 25.6 Å². The van der Waals surface area contributed by atoms with E-state index in [9.17, 15) is 19.2 Å². The largest absolute Gasteiger partial charge is 0.481 e. The van der Waals surface area contributed by atoms with E-state index < -0.39 is 36.0 Å². The van der Waals surface area contributed by atoms with Crippen molar-refractivity contribution in [1.29, 1.82) is 0 Å². The number of aliphatic carboxylic acids is 1. The third-order valence-electron chi connectivity index (χ3n) is 3.99. The van der Waals surface area contributed by atoms with Gasteiger partial charge in [-0.3, -0.25) is 19.2 Å². The monoisotopic (exact) mass is 474 g/mol. The fourth-order valence-corrected chi connectivity index (χ4v) is 2.65. The number of carbonyl (C=O) groups is 4. The van der Waals surface area contributed by atoms with Crippen LogP contribution in [0, 0.1) is 11.8 Å². The molecule has 34 heavy (non-hydrogen) atoms. The van der Waals surface area contributed by atoms with Gasteiger partial charge in [0.2, 0.25) is 11.7 Å². The Morgan fingerprint density at radius 1 is 0.912 bits per heavy atom. The molecule has 0 radical (unpaired) electrons. The summed E-state index contributed by atoms with van der Waals surface area (Å²) in [6, 6.07) is 13.4. The Bertz CT molecular complexity index is 928. The van der Waals surface area contributed by atoms with Crippen molar-refractivity contribution >= 4 is 34.3 Å². The molecule has 0 bridgehead atoms. The van der Waals surface area contributed by atoms with Crippen LogP contribution in [0.4, 0.5) is 0 Å². The molecule has 0 aliphatic heterocycles. The summed E-state index contributed by atoms with van der Waals surface area (Å²) in [5.74, 6) is -3.29. The van der Waals surface area contributed by atoms with Gasteiger partial charge >= 0.3 is 5.97 Å². The first-order valence-corrected chi connectivity index (χ1v) is 11.3. The van der Waals surface area contributed by atoms with Gasteiger partial charge in [0.1, 0.15) is 0 Å². The number of fused-ring (bicyclic) bond motifs is 1. The number of rotatable bonds is 8. The van der Waals surface area contributed by atoms with E-state index in [1.165, 1.54) is 7.05 Å². The van der Waals surface area contributed by atoms with Crippen LogP contribution in [0.3, 0.4) is 0 Å². The number of ketones is 1. The molecule has 188 valence electrons. The number of carboxylic acid groups (broad SMARTS) is 1. The number of likely N-dealkylation sites (N-methyl/N-ethyl adjacent to an activating group) is 1. The Balaban J connectivity index is 0.00000118. The standard InChI is InChI=1S/C19H20N2O5.C4H10.C3H8O/c1-20-19(26)16(22)11-21-18(25)15(10-17(23)24)9-12-6-7-13-4-2-3-5-14(13)8-12;1-4(2)3;1-3(2)4/h2-8,15H,9-11H2,1H3,(H,20,26)(H,21,25)(H,23,24);4H,1-3H3;3-4H,1-2H3. The Morgan fingerprint density at radius 3 is 1.94 bits per heavy atom. The van der Waals surface area contributed by atoms with Gasteiger partial charge in [-0.25, -0.2) is 0 Å². The summed E-state index contributed by atoms with van der Waals surface area (Å²) in [5, 5.41) is 23.7. The predicted octanol–water partition coefficient (Wildman–Crippen LogP) is 2.95. The molecule has 0 saturated heterocycles. The Morgan fingerprint density at radius 2 is 1.44 bits per heavy atom. The molecule has 0 saturated carbocycles. The molecule has 0 heterocycles. The molecule has 8 heteroatoms. The number of aliphatic hydroxyl groups excluding tert-OH is 1. The van der Waals surface area contributed by atoms with Crippen LogP contribution in [0.15, 0.2) is 42.5 Å². The number of amides is 2. The molecule has 8 nitrogen and oxygen atoms in total. The quantitative estimate of drug-likeness (QED) is 0.435. The molecule has 1 unspecified atom stereocenters. The van der Waals surface area contributed by atoms with E-state index in [-0.39, 0.29) is 18.9 Å². The first-order valence-electron chi connectivity index (χ1n) is 11.3. The van der Waals surface area contributed by atoms with Crippen molar-refractivity contribution in [2.75, 3.05) is 13.6 Å². The highest BCUT2D eigenvalue weighted by molar-refractivity contribution is 6.37. The molecule has 0 fully saturated rings. The van der Waals surface area contributed by atoms with E-state index in [0.717, 1.165) is 22.3 Å². The second-order valence-electron chi connectivity index (χ2n) is 8.73. The number of hydrogen-bond acceptors (Lipinski definition) is 5. The van der Waals surface area contributed by atoms with Crippen molar-refractivity contribution in [2.24, 2.45) is 11.8 Å². The van der Waals surface area contributed by atoms with Gasteiger partial charge in [0.25, 0.3) is 5.91 Å². The molecule has 0 aliphatic carbocycles. The molecule has 2 aromatic rings. The van der Waals surface area contributed by atoms with Crippen LogP contribution in [0.5, 0.6) is 0 Å². The number of carboxylic acids is 1. The van der Waals surface area contributed by atoms with Gasteiger partial charge < -0.3 is 20.8 Å². The van der Waals surface area contributed by atoms with Crippen LogP contribution < -0.4 is 10.6 Å². The summed E-state index contributed by atoms with van der Waals surface area (Å²) in [6.45, 7) is 9.48. The van der Waals surface area contributed by atoms with E-state index >= 15 is 0 Å². The maximum atomic E-state index is 12.3. The van der Waals surface area contributed by atoms with Crippen molar-refractivity contribution in [2.45, 2.75) is 53.6 Å². The van der Waals surface area contributed by atoms with Crippen LogP contribution in [0.2, 0.25) is 0 Å². The van der Waals surface area contributed by atoms with Crippen molar-refractivity contribution in [1.82, 2.24) is 10.6 Å². The minimum Gasteiger partial charge on any atom is -0.481 e. The zero-order valence-corrected chi connectivity index (χ0v) is 20.9. The van der Waals surface area contributed by atoms with Gasteiger partial charge in [-0.05, 0) is 42.5 Å². The van der Waals surface area contributed by atoms with E-state index in [1.54, 1.807) is 13.8 Å². The van der Waals surface area contributed by atoms with Crippen molar-refractivity contribution < 1.29 is 29.4 Å². The third-order valence-corrected chi connectivity index (χ3v) is 3.99. The average molecular weight is 475 g/mol. The summed E-state index contributed by atoms with van der Waals surface area (Å²) >= 11 is 0. The summed E-state index contributed by atoms with van der Waals surface area (Å²) in [7, 11) is 1.31. The summed E-state index contributed by atoms with van der Waals surface area (Å²) in [6.07, 6.45) is -0.316. The highest BCUT2D eigenvalue weighted by Gasteiger charge is 2.23. The number of carbonyl (C=O) groups excluding carboxylic acids is 3. The smallest absolute Gasteiger partial charge is 0.304 e. The van der Waals surface area contributed by atoms with Crippen LogP contribution in [-0.4, -0.2) is 53.5 Å². The summed E-state index contributed by atoms with van der Waals surface area (Å²) in [5.41, 5.74) is 0.822. The maximum Gasteiger partial charge on any atom is 0.304 e. The number of benzene rings is 2. The lowest BCUT2D eigenvalue weighted by molar-refractivity contribution is -0.141. The second kappa shape index (κ2) is 16.4. The fraction of sp³-hybridized carbons (Fsp3) is 0.462. The SMILES string of the molecule is CC(C)C.CC(C)O.CNC(=O)C(=O)CNC(=O)C(CC(=O)O)Cc1ccc2ccccc2c1. The minimum absolute atomic E-state index is 0.167. The van der Waals surface area contributed by atoms with Gasteiger partial charge in [0.05, 0.1) is 18.9 Å². The molecule has 1 atom stereocenters. The topological polar surface area (TPSA) is 133 Å². The van der Waals surface area contributed by atoms with Crippen molar-refractivity contribution in [3.63, 3.8) is 0 Å². The molecule has 2 aromatic carbocycles. The number of Topliss-reactive ketones (excluding diaryl/α,β-unsaturated/α-hetero) is 1. The molecule has 4 N–H and O–H groups in total. The summed E-state index contributed by atoms with van der Waals surface area (Å²) < 4.78 is 0. The minimum atomic E-state index is -1.11. The predicted molar refractivity (Wildman–Crippen MR) is 133 cm³/mol. The lowest BCUT2D eigenvalue weighted by Crippen LogP contribution is -2.41. The molecule has 0 aliphatic rings. The van der Waals surface area contributed by atoms with Crippen LogP contribution in [0.1, 0.15) is 46.6 Å². The van der Waals surface area contributed by atoms with Gasteiger partial charge in [-0.1, -0.05) is 63.2 Å². The zero-order valence-electron chi connectivity index (χ0n) is 20.9. The molecular weight excluding hydrogens is 436 g/mol. The van der Waals surface area contributed by atoms with Gasteiger partial charge in [-0.2, -0.15) is 0 Å². The highest BCUT2D eigenvalue weighted by Crippen LogP contribution is 2.19. The van der Waals surface area contributed by atoms with Crippen LogP contribution >= 0.6 is 0 Å². The average Bonchev–Trinajstić information content (AvgIpc) is 2.75. The van der Waals surface area contributed by atoms with Gasteiger partial charge in [-0.15, -0.1) is 0 Å². The number of nitrogens with one attached hydrogen (secondary N) is 2. The van der Waals surface area contributed by atoms with Gasteiger partial charge in [0.15, 0.2) is 0 Å². The van der Waals surface area contributed by atoms with Crippen molar-refractivity contribution in [3.05, 3.63) is 48.0 Å². The Kier molecular flexibility index (Phi) is 14.8. The van der Waals surface area contributed by atoms with E-state index in [2.05, 4.69) is 31.4 Å². The second-order valence-corrected chi connectivity index (χ2v) is 8.73. The third kappa shape index (κ3) is 14.0. The molecule has 0 spiro atoms. The fourth-order valence-electron chi connectivity index (χ4n) is 2.65. The molecule has 2 rings (SSSR count). The van der Waals surface area contributed by atoms with E-state index in [0.29, 0.717) is 0 Å². The molecule has 2 amide bonds. The highest BCUT2D eigenvalue weighted by atomic mass is 16.4. The zero-order chi connectivity index (χ0) is 26.3. The Hall–Kier alpha value is -3.26. The van der Waals surface area contributed by atoms with Crippen LogP contribution in [0.25, 0.3) is 10.8 Å². The lowest BCUT2D eigenvalue weighted by Gasteiger charge is -2.15. The molecule has 0 aromatic heterocycles. The normalized spacial score (nSPS) is 11.0. The summed E-state index contributed by atoms with van der Waals surface area (Å²) in [4.78, 5) is 46.1. The molecular formula is C26H38N2O6. The van der Waals surface area contributed by atoms with Gasteiger partial charge in [0, 0.05) is 13.2 Å². The van der Waals surface area contributed by atoms with E-state index in [4.69, 9.17) is 10.2 Å². The van der Waals surface area contributed by atoms with Crippen molar-refractivity contribution in [3.8, 4) is 0 Å². The number of hydrogen-bond donors (Lipinski definition) is 4. The van der Waals surface area contributed by atoms with E-state index in [1.807, 2.05) is 42.5 Å². The maximum absolute atomic E-state index is 12.3. The first-order chi connectivity index (χ1) is 15.9. The lowest BCUT2D eigenvalue weighted by atomic mass is 9.94. The first kappa shape index (κ1) is 30.7.